The van der Waals surface area contributed by atoms with Crippen LogP contribution in [0.3, 0.4) is 0 Å². The zero-order valence-corrected chi connectivity index (χ0v) is 12.4. The van der Waals surface area contributed by atoms with Crippen LogP contribution < -0.4 is 0 Å². The SMILES string of the molecule is C=CC(=O)OC.CC(O)(CC1CC2CCC1C2)C(F)(F)F. The number of rotatable bonds is 3. The Kier molecular flexibility index (Phi) is 5.84. The number of methoxy groups -OCH3 is 1. The van der Waals surface area contributed by atoms with E-state index in [1.165, 1.54) is 13.5 Å². The lowest BCUT2D eigenvalue weighted by atomic mass is 9.81. The summed E-state index contributed by atoms with van der Waals surface area (Å²) >= 11 is 0. The molecule has 122 valence electrons. The average Bonchev–Trinajstić information content (AvgIpc) is 2.99. The summed E-state index contributed by atoms with van der Waals surface area (Å²) in [5, 5.41) is 9.41. The molecule has 0 aliphatic heterocycles. The van der Waals surface area contributed by atoms with Gasteiger partial charge in [-0.3, -0.25) is 0 Å². The number of alkyl halides is 3. The number of carbonyl (C=O) groups is 1. The maximum absolute atomic E-state index is 12.5. The zero-order valence-electron chi connectivity index (χ0n) is 12.4. The fourth-order valence-corrected chi connectivity index (χ4v) is 3.34. The highest BCUT2D eigenvalue weighted by molar-refractivity contribution is 5.80. The van der Waals surface area contributed by atoms with E-state index >= 15 is 0 Å². The molecule has 0 amide bonds. The molecule has 0 aromatic heterocycles. The summed E-state index contributed by atoms with van der Waals surface area (Å²) in [6.07, 6.45) is 0.709. The highest BCUT2D eigenvalue weighted by Gasteiger charge is 2.53. The monoisotopic (exact) mass is 308 g/mol. The van der Waals surface area contributed by atoms with Crippen molar-refractivity contribution in [1.82, 2.24) is 0 Å². The minimum atomic E-state index is -4.49. The van der Waals surface area contributed by atoms with Crippen molar-refractivity contribution in [2.75, 3.05) is 7.11 Å². The highest BCUT2D eigenvalue weighted by Crippen LogP contribution is 2.52. The van der Waals surface area contributed by atoms with Crippen LogP contribution in [0.1, 0.15) is 39.0 Å². The molecule has 4 atom stereocenters. The van der Waals surface area contributed by atoms with Crippen LogP contribution in [0.15, 0.2) is 12.7 Å². The molecule has 4 unspecified atom stereocenters. The Morgan fingerprint density at radius 2 is 2.00 bits per heavy atom. The summed E-state index contributed by atoms with van der Waals surface area (Å²) < 4.78 is 41.6. The topological polar surface area (TPSA) is 46.5 Å². The Morgan fingerprint density at radius 1 is 1.38 bits per heavy atom. The molecule has 0 heterocycles. The van der Waals surface area contributed by atoms with Gasteiger partial charge in [-0.05, 0) is 50.4 Å². The van der Waals surface area contributed by atoms with E-state index in [4.69, 9.17) is 0 Å². The number of aliphatic hydroxyl groups is 1. The quantitative estimate of drug-likeness (QED) is 0.641. The van der Waals surface area contributed by atoms with Crippen molar-refractivity contribution in [3.63, 3.8) is 0 Å². The Morgan fingerprint density at radius 3 is 2.29 bits per heavy atom. The van der Waals surface area contributed by atoms with Crippen molar-refractivity contribution in [2.45, 2.75) is 50.8 Å². The molecule has 0 aromatic carbocycles. The Balaban J connectivity index is 0.000000315. The highest BCUT2D eigenvalue weighted by atomic mass is 19.4. The summed E-state index contributed by atoms with van der Waals surface area (Å²) in [5.74, 6) is 0.753. The number of hydrogen-bond acceptors (Lipinski definition) is 3. The second kappa shape index (κ2) is 6.81. The van der Waals surface area contributed by atoms with E-state index in [2.05, 4.69) is 11.3 Å². The Bertz CT molecular complexity index is 377. The van der Waals surface area contributed by atoms with Gasteiger partial charge in [0.05, 0.1) is 7.11 Å². The van der Waals surface area contributed by atoms with Crippen molar-refractivity contribution >= 4 is 5.97 Å². The third-order valence-electron chi connectivity index (χ3n) is 4.52. The smallest absolute Gasteiger partial charge is 0.416 e. The normalized spacial score (nSPS) is 30.1. The van der Waals surface area contributed by atoms with Crippen LogP contribution in [-0.4, -0.2) is 30.0 Å². The molecular formula is C15H23F3O3. The van der Waals surface area contributed by atoms with Crippen LogP contribution in [0.2, 0.25) is 0 Å². The largest absolute Gasteiger partial charge is 0.466 e. The molecule has 3 nitrogen and oxygen atoms in total. The van der Waals surface area contributed by atoms with Crippen molar-refractivity contribution in [2.24, 2.45) is 17.8 Å². The molecule has 1 N–H and O–H groups in total. The van der Waals surface area contributed by atoms with Crippen molar-refractivity contribution < 1.29 is 27.8 Å². The molecule has 2 fully saturated rings. The van der Waals surface area contributed by atoms with Crippen LogP contribution in [0, 0.1) is 17.8 Å². The van der Waals surface area contributed by atoms with Gasteiger partial charge in [0.2, 0.25) is 0 Å². The minimum Gasteiger partial charge on any atom is -0.466 e. The number of hydrogen-bond donors (Lipinski definition) is 1. The number of carbonyl (C=O) groups excluding carboxylic acids is 1. The van der Waals surface area contributed by atoms with Crippen LogP contribution in [0.25, 0.3) is 0 Å². The van der Waals surface area contributed by atoms with Gasteiger partial charge < -0.3 is 9.84 Å². The molecule has 2 aliphatic rings. The summed E-state index contributed by atoms with van der Waals surface area (Å²) in [5.41, 5.74) is -2.50. The summed E-state index contributed by atoms with van der Waals surface area (Å²) in [4.78, 5) is 9.84. The van der Waals surface area contributed by atoms with E-state index in [0.717, 1.165) is 32.3 Å². The van der Waals surface area contributed by atoms with Crippen molar-refractivity contribution in [3.05, 3.63) is 12.7 Å². The molecule has 21 heavy (non-hydrogen) atoms. The predicted octanol–water partition coefficient (Wildman–Crippen LogP) is 3.47. The van der Waals surface area contributed by atoms with E-state index in [-0.39, 0.29) is 12.3 Å². The van der Waals surface area contributed by atoms with Gasteiger partial charge in [-0.25, -0.2) is 4.79 Å². The van der Waals surface area contributed by atoms with Gasteiger partial charge in [0.15, 0.2) is 5.60 Å². The number of esters is 1. The van der Waals surface area contributed by atoms with Gasteiger partial charge in [-0.15, -0.1) is 0 Å². The standard InChI is InChI=1S/C11H17F3O.C4H6O2/c1-10(15,11(12,13)14)6-9-5-7-2-3-8(9)4-7;1-3-4(5)6-2/h7-9,15H,2-6H2,1H3;3H,1H2,2H3. The predicted molar refractivity (Wildman–Crippen MR) is 72.4 cm³/mol. The minimum absolute atomic E-state index is 0.0837. The molecule has 0 aromatic rings. The fraction of sp³-hybridized carbons (Fsp3) is 0.800. The van der Waals surface area contributed by atoms with Gasteiger partial charge in [-0.1, -0.05) is 13.0 Å². The molecule has 0 spiro atoms. The van der Waals surface area contributed by atoms with Gasteiger partial charge in [0.25, 0.3) is 0 Å². The first-order valence-electron chi connectivity index (χ1n) is 7.10. The van der Waals surface area contributed by atoms with E-state index in [1.54, 1.807) is 0 Å². The molecular weight excluding hydrogens is 285 g/mol. The Hall–Kier alpha value is -1.04. The molecule has 2 aliphatic carbocycles. The van der Waals surface area contributed by atoms with Crippen LogP contribution in [0.5, 0.6) is 0 Å². The fourth-order valence-electron chi connectivity index (χ4n) is 3.34. The summed E-state index contributed by atoms with van der Waals surface area (Å²) in [7, 11) is 1.31. The third kappa shape index (κ3) is 4.73. The van der Waals surface area contributed by atoms with Gasteiger partial charge in [0, 0.05) is 6.08 Å². The van der Waals surface area contributed by atoms with Crippen LogP contribution >= 0.6 is 0 Å². The van der Waals surface area contributed by atoms with Crippen LogP contribution in [-0.2, 0) is 9.53 Å². The first kappa shape index (κ1) is 18.0. The van der Waals surface area contributed by atoms with Gasteiger partial charge >= 0.3 is 12.1 Å². The molecule has 2 saturated carbocycles. The zero-order chi connectivity index (χ0) is 16.3. The Labute approximate surface area is 123 Å². The second-order valence-electron chi connectivity index (χ2n) is 6.14. The van der Waals surface area contributed by atoms with Gasteiger partial charge in [-0.2, -0.15) is 13.2 Å². The molecule has 2 rings (SSSR count). The number of fused-ring (bicyclic) bond motifs is 2. The van der Waals surface area contributed by atoms with E-state index < -0.39 is 17.7 Å². The van der Waals surface area contributed by atoms with Crippen molar-refractivity contribution in [3.8, 4) is 0 Å². The first-order chi connectivity index (χ1) is 9.60. The third-order valence-corrected chi connectivity index (χ3v) is 4.52. The summed E-state index contributed by atoms with van der Waals surface area (Å²) in [6.45, 7) is 4.06. The van der Waals surface area contributed by atoms with E-state index in [0.29, 0.717) is 11.8 Å². The van der Waals surface area contributed by atoms with Crippen LogP contribution in [0.4, 0.5) is 13.2 Å². The molecule has 2 bridgehead atoms. The maximum atomic E-state index is 12.5. The molecule has 0 radical (unpaired) electrons. The number of ether oxygens (including phenoxy) is 1. The molecule has 0 saturated heterocycles. The molecule has 6 heteroatoms. The lowest BCUT2D eigenvalue weighted by Crippen LogP contribution is -2.44. The first-order valence-corrected chi connectivity index (χ1v) is 7.10. The number of halogens is 3. The summed E-state index contributed by atoms with van der Waals surface area (Å²) in [6, 6.07) is 0. The second-order valence-corrected chi connectivity index (χ2v) is 6.14. The maximum Gasteiger partial charge on any atom is 0.416 e. The van der Waals surface area contributed by atoms with Crippen molar-refractivity contribution in [1.29, 1.82) is 0 Å². The van der Waals surface area contributed by atoms with E-state index in [1.807, 2.05) is 0 Å². The lowest BCUT2D eigenvalue weighted by Gasteiger charge is -2.32. The average molecular weight is 308 g/mol. The van der Waals surface area contributed by atoms with Gasteiger partial charge in [0.1, 0.15) is 0 Å². The lowest BCUT2D eigenvalue weighted by molar-refractivity contribution is -0.259. The van der Waals surface area contributed by atoms with E-state index in [9.17, 15) is 23.1 Å².